The van der Waals surface area contributed by atoms with Crippen LogP contribution in [0.25, 0.3) is 22.2 Å². The summed E-state index contributed by atoms with van der Waals surface area (Å²) < 4.78 is 13.4. The van der Waals surface area contributed by atoms with Gasteiger partial charge in [0.1, 0.15) is 5.76 Å². The second-order valence-corrected chi connectivity index (χ2v) is 17.0. The Bertz CT molecular complexity index is 1170. The molecule has 0 N–H and O–H groups in total. The maximum absolute atomic E-state index is 11.9. The van der Waals surface area contributed by atoms with Crippen molar-refractivity contribution < 1.29 is 13.9 Å². The third-order valence-electron chi connectivity index (χ3n) is 8.48. The predicted molar refractivity (Wildman–Crippen MR) is 147 cm³/mol. The quantitative estimate of drug-likeness (QED) is 0.243. The lowest BCUT2D eigenvalue weighted by Gasteiger charge is -2.44. The number of aromatic nitrogens is 1. The summed E-state index contributed by atoms with van der Waals surface area (Å²) in [5, 5.41) is 1.32. The van der Waals surface area contributed by atoms with Crippen LogP contribution >= 0.6 is 0 Å². The molecule has 2 aromatic heterocycles. The molecule has 190 valence electrons. The maximum atomic E-state index is 11.9. The minimum absolute atomic E-state index is 0.235. The average molecular weight is 495 g/mol. The van der Waals surface area contributed by atoms with Gasteiger partial charge in [-0.1, -0.05) is 41.5 Å². The fraction of sp³-hybridized carbons (Fsp3) is 0.552. The highest BCUT2D eigenvalue weighted by Gasteiger charge is 2.46. The molecule has 4 rings (SSSR count). The van der Waals surface area contributed by atoms with Crippen LogP contribution in [0.4, 0.5) is 0 Å². The highest BCUT2D eigenvalue weighted by molar-refractivity contribution is 6.82. The fourth-order valence-electron chi connectivity index (χ4n) is 6.96. The molecular formula is C29H42N2O3Si. The normalized spacial score (nSPS) is 17.4. The molecule has 0 aliphatic carbocycles. The van der Waals surface area contributed by atoms with Crippen molar-refractivity contribution in [2.45, 2.75) is 83.5 Å². The molecule has 6 heteroatoms. The molecule has 0 radical (unpaired) electrons. The number of hydrogen-bond acceptors (Lipinski definition) is 4. The molecule has 0 bridgehead atoms. The van der Waals surface area contributed by atoms with Gasteiger partial charge in [0.2, 0.25) is 5.76 Å². The number of benzene rings is 1. The Balaban J connectivity index is 1.90. The Morgan fingerprint density at radius 1 is 1.09 bits per heavy atom. The highest BCUT2D eigenvalue weighted by Crippen LogP contribution is 2.45. The molecule has 0 amide bonds. The summed E-state index contributed by atoms with van der Waals surface area (Å²) in [6, 6.07) is 10.8. The molecular weight excluding hydrogens is 452 g/mol. The summed E-state index contributed by atoms with van der Waals surface area (Å²) in [6.07, 6.45) is 6.10. The SMILES string of the molecule is COC(=O)c1ccc(-c2ccc3c(c2)c(C[C@H]2CCCN2C)cn3[Si](C(C)C)(C(C)C)C(C)C)o1. The third kappa shape index (κ3) is 4.40. The smallest absolute Gasteiger partial charge is 0.373 e. The molecule has 1 atom stereocenters. The van der Waals surface area contributed by atoms with Crippen molar-refractivity contribution in [1.82, 2.24) is 9.13 Å². The molecule has 1 aliphatic heterocycles. The number of esters is 1. The number of methoxy groups -OCH3 is 1. The number of fused-ring (bicyclic) bond motifs is 1. The molecule has 0 spiro atoms. The first-order valence-electron chi connectivity index (χ1n) is 13.1. The number of ether oxygens (including phenoxy) is 1. The zero-order valence-corrected chi connectivity index (χ0v) is 23.7. The Hall–Kier alpha value is -2.31. The number of nitrogens with zero attached hydrogens (tertiary/aromatic N) is 2. The summed E-state index contributed by atoms with van der Waals surface area (Å²) in [5.41, 5.74) is 5.62. The van der Waals surface area contributed by atoms with Crippen molar-refractivity contribution in [2.24, 2.45) is 0 Å². The van der Waals surface area contributed by atoms with Crippen molar-refractivity contribution in [1.29, 1.82) is 0 Å². The van der Waals surface area contributed by atoms with E-state index < -0.39 is 14.2 Å². The second kappa shape index (κ2) is 9.98. The van der Waals surface area contributed by atoms with Gasteiger partial charge in [-0.15, -0.1) is 0 Å². The van der Waals surface area contributed by atoms with Gasteiger partial charge >= 0.3 is 5.97 Å². The van der Waals surface area contributed by atoms with Crippen LogP contribution in [0.1, 0.15) is 70.5 Å². The van der Waals surface area contributed by atoms with Crippen molar-refractivity contribution in [2.75, 3.05) is 20.7 Å². The molecule has 1 saturated heterocycles. The van der Waals surface area contributed by atoms with Crippen LogP contribution in [-0.2, 0) is 11.2 Å². The van der Waals surface area contributed by atoms with Crippen LogP contribution in [-0.4, -0.2) is 50.1 Å². The molecule has 0 unspecified atom stereocenters. The number of likely N-dealkylation sites (tertiary alicyclic amines) is 1. The lowest BCUT2D eigenvalue weighted by molar-refractivity contribution is 0.0566. The lowest BCUT2D eigenvalue weighted by atomic mass is 10.0. The van der Waals surface area contributed by atoms with Crippen LogP contribution in [0.5, 0.6) is 0 Å². The van der Waals surface area contributed by atoms with Gasteiger partial charge in [-0.05, 0) is 91.6 Å². The number of likely N-dealkylation sites (N-methyl/N-ethyl adjacent to an activating group) is 1. The molecule has 1 fully saturated rings. The van der Waals surface area contributed by atoms with E-state index in [-0.39, 0.29) is 5.76 Å². The first-order chi connectivity index (χ1) is 16.6. The largest absolute Gasteiger partial charge is 0.463 e. The zero-order valence-electron chi connectivity index (χ0n) is 22.7. The minimum atomic E-state index is -1.91. The summed E-state index contributed by atoms with van der Waals surface area (Å²) >= 11 is 0. The highest BCUT2D eigenvalue weighted by atomic mass is 28.3. The molecule has 3 heterocycles. The molecule has 1 aliphatic rings. The van der Waals surface area contributed by atoms with Gasteiger partial charge in [-0.2, -0.15) is 0 Å². The van der Waals surface area contributed by atoms with E-state index in [4.69, 9.17) is 9.15 Å². The second-order valence-electron chi connectivity index (χ2n) is 11.2. The number of hydrogen-bond donors (Lipinski definition) is 0. The zero-order chi connectivity index (χ0) is 25.5. The first kappa shape index (κ1) is 25.8. The molecule has 3 aromatic rings. The van der Waals surface area contributed by atoms with E-state index >= 15 is 0 Å². The van der Waals surface area contributed by atoms with Crippen LogP contribution in [0.2, 0.25) is 16.6 Å². The van der Waals surface area contributed by atoms with E-state index in [1.807, 2.05) is 6.07 Å². The van der Waals surface area contributed by atoms with E-state index in [1.54, 1.807) is 6.07 Å². The summed E-state index contributed by atoms with van der Waals surface area (Å²) in [6.45, 7) is 15.7. The summed E-state index contributed by atoms with van der Waals surface area (Å²) in [7, 11) is 1.72. The van der Waals surface area contributed by atoms with E-state index in [2.05, 4.69) is 82.1 Å². The predicted octanol–water partition coefficient (Wildman–Crippen LogP) is 7.35. The first-order valence-corrected chi connectivity index (χ1v) is 15.3. The van der Waals surface area contributed by atoms with Gasteiger partial charge in [0.25, 0.3) is 0 Å². The number of carbonyl (C=O) groups excluding carboxylic acids is 1. The lowest BCUT2D eigenvalue weighted by Crippen LogP contribution is -2.51. The van der Waals surface area contributed by atoms with Gasteiger partial charge in [0.05, 0.1) is 7.11 Å². The van der Waals surface area contributed by atoms with Crippen molar-refractivity contribution in [3.05, 3.63) is 47.9 Å². The minimum Gasteiger partial charge on any atom is -0.463 e. The molecule has 1 aromatic carbocycles. The number of carbonyl (C=O) groups is 1. The number of rotatable bonds is 8. The Labute approximate surface area is 211 Å². The standard InChI is InChI=1S/C29H42N2O3Si/c1-19(2)35(20(3)4,21(5)6)31-18-23(16-24-10-9-15-30(24)7)25-17-22(11-12-26(25)31)27-13-14-28(34-27)29(32)33-8/h11-14,17-21,24H,9-10,15-16H2,1-8H3/t24-/m1/s1. The summed E-state index contributed by atoms with van der Waals surface area (Å²) in [5.74, 6) is 0.484. The Morgan fingerprint density at radius 2 is 1.77 bits per heavy atom. The molecule has 35 heavy (non-hydrogen) atoms. The molecule has 5 nitrogen and oxygen atoms in total. The van der Waals surface area contributed by atoms with Crippen LogP contribution in [0.3, 0.4) is 0 Å². The van der Waals surface area contributed by atoms with E-state index in [1.165, 1.54) is 43.0 Å². The van der Waals surface area contributed by atoms with E-state index in [9.17, 15) is 4.79 Å². The Kier molecular flexibility index (Phi) is 7.35. The monoisotopic (exact) mass is 494 g/mol. The average Bonchev–Trinajstić information content (AvgIpc) is 3.53. The van der Waals surface area contributed by atoms with Gasteiger partial charge in [0, 0.05) is 22.5 Å². The third-order valence-corrected chi connectivity index (χ3v) is 15.2. The van der Waals surface area contributed by atoms with Gasteiger partial charge in [-0.25, -0.2) is 4.79 Å². The van der Waals surface area contributed by atoms with E-state index in [0.29, 0.717) is 28.4 Å². The number of furan rings is 1. The van der Waals surface area contributed by atoms with Crippen LogP contribution < -0.4 is 0 Å². The van der Waals surface area contributed by atoms with Crippen LogP contribution in [0, 0.1) is 0 Å². The Morgan fingerprint density at radius 3 is 2.34 bits per heavy atom. The fourth-order valence-corrected chi connectivity index (χ4v) is 13.6. The van der Waals surface area contributed by atoms with Crippen LogP contribution in [0.15, 0.2) is 40.9 Å². The summed E-state index contributed by atoms with van der Waals surface area (Å²) in [4.78, 5) is 14.4. The molecule has 0 saturated carbocycles. The van der Waals surface area contributed by atoms with Crippen molar-refractivity contribution >= 4 is 25.1 Å². The van der Waals surface area contributed by atoms with Gasteiger partial charge in [-0.3, -0.25) is 0 Å². The van der Waals surface area contributed by atoms with Crippen molar-refractivity contribution in [3.63, 3.8) is 0 Å². The van der Waals surface area contributed by atoms with Crippen molar-refractivity contribution in [3.8, 4) is 11.3 Å². The van der Waals surface area contributed by atoms with Gasteiger partial charge < -0.3 is 18.3 Å². The topological polar surface area (TPSA) is 47.6 Å². The van der Waals surface area contributed by atoms with Gasteiger partial charge in [0.15, 0.2) is 8.24 Å². The maximum Gasteiger partial charge on any atom is 0.373 e. The van der Waals surface area contributed by atoms with E-state index in [0.717, 1.165) is 12.0 Å².